The SMILES string of the molecule is CC(C)[C@@](C)(C#N)NC(=O)[C@@H](C)OC(=O)c1ccc(N)c([N+](=O)[O-])c1. The van der Waals surface area contributed by atoms with Gasteiger partial charge in [-0.05, 0) is 31.9 Å². The number of amides is 1. The van der Waals surface area contributed by atoms with Gasteiger partial charge in [0.2, 0.25) is 0 Å². The zero-order valence-electron chi connectivity index (χ0n) is 14.4. The van der Waals surface area contributed by atoms with E-state index in [2.05, 4.69) is 5.32 Å². The number of anilines is 1. The van der Waals surface area contributed by atoms with Crippen LogP contribution in [0, 0.1) is 27.4 Å². The van der Waals surface area contributed by atoms with E-state index >= 15 is 0 Å². The van der Waals surface area contributed by atoms with Crippen molar-refractivity contribution >= 4 is 23.3 Å². The van der Waals surface area contributed by atoms with E-state index < -0.39 is 34.1 Å². The minimum absolute atomic E-state index is 0.0888. The fourth-order valence-electron chi connectivity index (χ4n) is 1.77. The van der Waals surface area contributed by atoms with Gasteiger partial charge in [0.05, 0.1) is 16.6 Å². The summed E-state index contributed by atoms with van der Waals surface area (Å²) in [4.78, 5) is 34.4. The van der Waals surface area contributed by atoms with Crippen LogP contribution in [0.3, 0.4) is 0 Å². The molecule has 0 heterocycles. The third kappa shape index (κ3) is 4.67. The molecular weight excluding hydrogens is 328 g/mol. The number of carbonyl (C=O) groups excluding carboxylic acids is 2. The van der Waals surface area contributed by atoms with Crippen molar-refractivity contribution in [3.63, 3.8) is 0 Å². The lowest BCUT2D eigenvalue weighted by molar-refractivity contribution is -0.383. The number of nitro groups is 1. The summed E-state index contributed by atoms with van der Waals surface area (Å²) in [6.45, 7) is 6.45. The van der Waals surface area contributed by atoms with E-state index in [-0.39, 0.29) is 17.2 Å². The Morgan fingerprint density at radius 1 is 1.40 bits per heavy atom. The van der Waals surface area contributed by atoms with Gasteiger partial charge in [-0.25, -0.2) is 4.79 Å². The van der Waals surface area contributed by atoms with Crippen LogP contribution in [0.1, 0.15) is 38.1 Å². The Balaban J connectivity index is 2.87. The first-order valence-corrected chi connectivity index (χ1v) is 7.50. The normalized spacial score (nSPS) is 14.1. The van der Waals surface area contributed by atoms with Crippen molar-refractivity contribution in [2.24, 2.45) is 5.92 Å². The van der Waals surface area contributed by atoms with Crippen LogP contribution in [0.4, 0.5) is 11.4 Å². The van der Waals surface area contributed by atoms with Gasteiger partial charge >= 0.3 is 5.97 Å². The van der Waals surface area contributed by atoms with E-state index in [0.29, 0.717) is 0 Å². The first-order chi connectivity index (χ1) is 11.5. The van der Waals surface area contributed by atoms with E-state index in [0.717, 1.165) is 6.07 Å². The fraction of sp³-hybridized carbons (Fsp3) is 0.438. The van der Waals surface area contributed by atoms with Gasteiger partial charge in [-0.15, -0.1) is 0 Å². The number of nitriles is 1. The van der Waals surface area contributed by atoms with Crippen LogP contribution in [-0.2, 0) is 9.53 Å². The number of benzene rings is 1. The number of carbonyl (C=O) groups is 2. The molecule has 0 bridgehead atoms. The van der Waals surface area contributed by atoms with Crippen LogP contribution < -0.4 is 11.1 Å². The van der Waals surface area contributed by atoms with Crippen LogP contribution >= 0.6 is 0 Å². The number of esters is 1. The predicted octanol–water partition coefficient (Wildman–Crippen LogP) is 1.78. The minimum Gasteiger partial charge on any atom is -0.449 e. The van der Waals surface area contributed by atoms with Gasteiger partial charge in [0, 0.05) is 6.07 Å². The molecular formula is C16H20N4O5. The highest BCUT2D eigenvalue weighted by Gasteiger charge is 2.32. The number of nitrogens with two attached hydrogens (primary N) is 1. The summed E-state index contributed by atoms with van der Waals surface area (Å²) < 4.78 is 5.02. The zero-order valence-corrected chi connectivity index (χ0v) is 14.4. The van der Waals surface area contributed by atoms with Gasteiger partial charge in [-0.2, -0.15) is 5.26 Å². The van der Waals surface area contributed by atoms with E-state index in [1.54, 1.807) is 20.8 Å². The van der Waals surface area contributed by atoms with Crippen molar-refractivity contribution in [3.05, 3.63) is 33.9 Å². The molecule has 9 nitrogen and oxygen atoms in total. The van der Waals surface area contributed by atoms with Crippen molar-refractivity contribution in [1.82, 2.24) is 5.32 Å². The first kappa shape index (κ1) is 19.9. The van der Waals surface area contributed by atoms with E-state index in [4.69, 9.17) is 10.5 Å². The average molecular weight is 348 g/mol. The minimum atomic E-state index is -1.18. The molecule has 0 aliphatic rings. The second kappa shape index (κ2) is 7.61. The summed E-state index contributed by atoms with van der Waals surface area (Å²) in [5, 5.41) is 22.6. The molecule has 0 fully saturated rings. The quantitative estimate of drug-likeness (QED) is 0.344. The number of nitrogens with one attached hydrogen (secondary N) is 1. The fourth-order valence-corrected chi connectivity index (χ4v) is 1.77. The molecule has 0 spiro atoms. The molecule has 0 aromatic heterocycles. The number of nitrogens with zero attached hydrogens (tertiary/aromatic N) is 2. The Morgan fingerprint density at radius 2 is 2.00 bits per heavy atom. The molecule has 25 heavy (non-hydrogen) atoms. The number of ether oxygens (including phenoxy) is 1. The van der Waals surface area contributed by atoms with Crippen LogP contribution in [0.25, 0.3) is 0 Å². The van der Waals surface area contributed by atoms with Crippen molar-refractivity contribution in [2.45, 2.75) is 39.3 Å². The number of hydrogen-bond donors (Lipinski definition) is 2. The van der Waals surface area contributed by atoms with Crippen molar-refractivity contribution in [1.29, 1.82) is 5.26 Å². The summed E-state index contributed by atoms with van der Waals surface area (Å²) in [6.07, 6.45) is -1.18. The summed E-state index contributed by atoms with van der Waals surface area (Å²) in [7, 11) is 0. The average Bonchev–Trinajstić information content (AvgIpc) is 2.54. The maximum absolute atomic E-state index is 12.2. The third-order valence-electron chi connectivity index (χ3n) is 3.89. The molecule has 0 saturated carbocycles. The lowest BCUT2D eigenvalue weighted by Gasteiger charge is -2.28. The molecule has 0 aliphatic heterocycles. The molecule has 2 atom stereocenters. The molecule has 0 unspecified atom stereocenters. The molecule has 134 valence electrons. The highest BCUT2D eigenvalue weighted by molar-refractivity contribution is 5.93. The number of nitro benzene ring substituents is 1. The van der Waals surface area contributed by atoms with Crippen LogP contribution in [0.15, 0.2) is 18.2 Å². The molecule has 9 heteroatoms. The molecule has 0 radical (unpaired) electrons. The van der Waals surface area contributed by atoms with Crippen LogP contribution in [-0.4, -0.2) is 28.4 Å². The summed E-state index contributed by atoms with van der Waals surface area (Å²) >= 11 is 0. The Hall–Kier alpha value is -3.15. The maximum Gasteiger partial charge on any atom is 0.339 e. The van der Waals surface area contributed by atoms with Crippen LogP contribution in [0.5, 0.6) is 0 Å². The van der Waals surface area contributed by atoms with E-state index in [1.807, 2.05) is 6.07 Å². The Labute approximate surface area is 144 Å². The largest absolute Gasteiger partial charge is 0.449 e. The van der Waals surface area contributed by atoms with Gasteiger partial charge in [-0.1, -0.05) is 13.8 Å². The molecule has 1 amide bonds. The molecule has 1 aromatic rings. The second-order valence-corrected chi connectivity index (χ2v) is 6.04. The second-order valence-electron chi connectivity index (χ2n) is 6.04. The van der Waals surface area contributed by atoms with Gasteiger partial charge in [0.25, 0.3) is 11.6 Å². The van der Waals surface area contributed by atoms with Gasteiger partial charge in [-0.3, -0.25) is 14.9 Å². The Kier molecular flexibility index (Phi) is 6.06. The highest BCUT2D eigenvalue weighted by Crippen LogP contribution is 2.23. The van der Waals surface area contributed by atoms with Crippen molar-refractivity contribution < 1.29 is 19.2 Å². The Morgan fingerprint density at radius 3 is 2.48 bits per heavy atom. The Bertz CT molecular complexity index is 741. The monoisotopic (exact) mass is 348 g/mol. The standard InChI is InChI=1S/C16H20N4O5/c1-9(2)16(4,8-17)19-14(21)10(3)25-15(22)11-5-6-12(18)13(7-11)20(23)24/h5-7,9-10H,18H2,1-4H3,(H,19,21)/t10-,16-/m1/s1. The number of hydrogen-bond acceptors (Lipinski definition) is 7. The smallest absolute Gasteiger partial charge is 0.339 e. The highest BCUT2D eigenvalue weighted by atomic mass is 16.6. The molecule has 0 aliphatic carbocycles. The molecule has 1 aromatic carbocycles. The molecule has 0 saturated heterocycles. The number of nitrogen functional groups attached to an aromatic ring is 1. The topological polar surface area (TPSA) is 148 Å². The molecule has 3 N–H and O–H groups in total. The van der Waals surface area contributed by atoms with Gasteiger partial charge < -0.3 is 15.8 Å². The molecule has 1 rings (SSSR count). The first-order valence-electron chi connectivity index (χ1n) is 7.50. The van der Waals surface area contributed by atoms with E-state index in [9.17, 15) is 25.0 Å². The lowest BCUT2D eigenvalue weighted by atomic mass is 9.90. The van der Waals surface area contributed by atoms with Gasteiger partial charge in [0.15, 0.2) is 6.10 Å². The predicted molar refractivity (Wildman–Crippen MR) is 89.4 cm³/mol. The van der Waals surface area contributed by atoms with Crippen molar-refractivity contribution in [3.8, 4) is 6.07 Å². The van der Waals surface area contributed by atoms with Gasteiger partial charge in [0.1, 0.15) is 11.2 Å². The van der Waals surface area contributed by atoms with Crippen molar-refractivity contribution in [2.75, 3.05) is 5.73 Å². The number of rotatable bonds is 6. The summed E-state index contributed by atoms with van der Waals surface area (Å²) in [5.74, 6) is -1.71. The van der Waals surface area contributed by atoms with Crippen LogP contribution in [0.2, 0.25) is 0 Å². The summed E-state index contributed by atoms with van der Waals surface area (Å²) in [6, 6.07) is 5.48. The summed E-state index contributed by atoms with van der Waals surface area (Å²) in [5.41, 5.74) is 3.73. The lowest BCUT2D eigenvalue weighted by Crippen LogP contribution is -2.52. The van der Waals surface area contributed by atoms with E-state index in [1.165, 1.54) is 19.1 Å². The zero-order chi connectivity index (χ0) is 19.4. The maximum atomic E-state index is 12.2. The third-order valence-corrected chi connectivity index (χ3v) is 3.89.